The van der Waals surface area contributed by atoms with Gasteiger partial charge in [-0.05, 0) is 75.6 Å². The van der Waals surface area contributed by atoms with Gasteiger partial charge in [0, 0.05) is 35.7 Å². The minimum atomic E-state index is -0.303. The zero-order valence-electron chi connectivity index (χ0n) is 18.4. The van der Waals surface area contributed by atoms with Gasteiger partial charge in [0.2, 0.25) is 5.91 Å². The Balaban J connectivity index is 1.51. The van der Waals surface area contributed by atoms with Crippen molar-refractivity contribution in [1.82, 2.24) is 5.32 Å². The maximum atomic E-state index is 12.4. The topological polar surface area (TPSA) is 73.5 Å². The van der Waals surface area contributed by atoms with Gasteiger partial charge in [0.1, 0.15) is 0 Å². The summed E-state index contributed by atoms with van der Waals surface area (Å²) in [7, 11) is 0. The van der Waals surface area contributed by atoms with Crippen molar-refractivity contribution in [3.63, 3.8) is 0 Å². The van der Waals surface area contributed by atoms with Crippen LogP contribution in [-0.2, 0) is 4.79 Å². The molecule has 0 atom stereocenters. The first kappa shape index (κ1) is 22.9. The molecule has 3 N–H and O–H groups in total. The molecule has 0 aliphatic carbocycles. The molecule has 0 bridgehead atoms. The molecular weight excluding hydrogens is 412 g/mol. The molecule has 0 unspecified atom stereocenters. The summed E-state index contributed by atoms with van der Waals surface area (Å²) >= 11 is 6.30. The van der Waals surface area contributed by atoms with Crippen LogP contribution in [0.3, 0.4) is 0 Å². The van der Waals surface area contributed by atoms with E-state index in [9.17, 15) is 9.59 Å². The molecule has 0 spiro atoms. The fraction of sp³-hybridized carbons (Fsp3) is 0.417. The summed E-state index contributed by atoms with van der Waals surface area (Å²) in [5.74, 6) is -0.366. The third-order valence-electron chi connectivity index (χ3n) is 5.62. The average Bonchev–Trinajstić information content (AvgIpc) is 3.27. The number of amides is 2. The maximum absolute atomic E-state index is 12.4. The van der Waals surface area contributed by atoms with Crippen LogP contribution in [0.1, 0.15) is 50.4 Å². The van der Waals surface area contributed by atoms with E-state index in [1.165, 1.54) is 18.5 Å². The Morgan fingerprint density at radius 3 is 2.29 bits per heavy atom. The van der Waals surface area contributed by atoms with Crippen molar-refractivity contribution in [2.24, 2.45) is 0 Å². The molecule has 2 amide bonds. The highest BCUT2D eigenvalue weighted by Crippen LogP contribution is 2.23. The second-order valence-corrected chi connectivity index (χ2v) is 8.94. The zero-order valence-corrected chi connectivity index (χ0v) is 19.2. The van der Waals surface area contributed by atoms with E-state index < -0.39 is 0 Å². The van der Waals surface area contributed by atoms with Crippen molar-refractivity contribution in [3.8, 4) is 0 Å². The van der Waals surface area contributed by atoms with Crippen LogP contribution in [0, 0.1) is 0 Å². The molecule has 7 heteroatoms. The van der Waals surface area contributed by atoms with Crippen molar-refractivity contribution in [1.29, 1.82) is 0 Å². The lowest BCUT2D eigenvalue weighted by Gasteiger charge is -2.24. The predicted octanol–water partition coefficient (Wildman–Crippen LogP) is 4.91. The number of carbonyl (C=O) groups excluding carboxylic acids is 2. The molecule has 1 heterocycles. The van der Waals surface area contributed by atoms with Gasteiger partial charge in [-0.1, -0.05) is 18.5 Å². The van der Waals surface area contributed by atoms with Crippen LogP contribution in [0.25, 0.3) is 0 Å². The van der Waals surface area contributed by atoms with E-state index in [-0.39, 0.29) is 23.9 Å². The summed E-state index contributed by atoms with van der Waals surface area (Å²) in [6.07, 6.45) is 3.28. The molecule has 166 valence electrons. The molecule has 0 saturated carbocycles. The van der Waals surface area contributed by atoms with E-state index in [0.717, 1.165) is 25.2 Å². The lowest BCUT2D eigenvalue weighted by molar-refractivity contribution is -0.114. The van der Waals surface area contributed by atoms with Crippen LogP contribution in [0.4, 0.5) is 17.1 Å². The molecule has 1 aliphatic rings. The first-order chi connectivity index (χ1) is 14.8. The molecule has 2 aromatic carbocycles. The summed E-state index contributed by atoms with van der Waals surface area (Å²) in [4.78, 5) is 27.1. The minimum absolute atomic E-state index is 0.0958. The second kappa shape index (κ2) is 10.1. The number of nitrogens with one attached hydrogen (secondary N) is 3. The number of benzene rings is 2. The Labute approximate surface area is 189 Å². The quantitative estimate of drug-likeness (QED) is 0.543. The molecule has 0 radical (unpaired) electrons. The lowest BCUT2D eigenvalue weighted by Crippen LogP contribution is -2.42. The molecule has 2 aromatic rings. The van der Waals surface area contributed by atoms with Crippen LogP contribution in [0.5, 0.6) is 0 Å². The van der Waals surface area contributed by atoms with E-state index in [1.807, 2.05) is 45.0 Å². The largest absolute Gasteiger partial charge is 0.376 e. The number of nitrogens with zero attached hydrogens (tertiary/aromatic N) is 1. The van der Waals surface area contributed by atoms with E-state index in [4.69, 9.17) is 11.6 Å². The molecule has 1 aliphatic heterocycles. The Morgan fingerprint density at radius 1 is 1.03 bits per heavy atom. The number of hydrogen-bond acceptors (Lipinski definition) is 4. The first-order valence-electron chi connectivity index (χ1n) is 10.8. The fourth-order valence-electron chi connectivity index (χ4n) is 3.39. The Bertz CT molecular complexity index is 922. The highest BCUT2D eigenvalue weighted by molar-refractivity contribution is 6.34. The van der Waals surface area contributed by atoms with Gasteiger partial charge < -0.3 is 20.9 Å². The molecular formula is C24H31ClN4O2. The molecule has 1 fully saturated rings. The third kappa shape index (κ3) is 6.37. The number of rotatable bonds is 8. The lowest BCUT2D eigenvalue weighted by atomic mass is 10.0. The predicted molar refractivity (Wildman–Crippen MR) is 128 cm³/mol. The zero-order chi connectivity index (χ0) is 22.4. The van der Waals surface area contributed by atoms with Crippen LogP contribution >= 0.6 is 11.6 Å². The second-order valence-electron chi connectivity index (χ2n) is 8.53. The molecule has 31 heavy (non-hydrogen) atoms. The van der Waals surface area contributed by atoms with Crippen molar-refractivity contribution in [2.75, 3.05) is 35.2 Å². The van der Waals surface area contributed by atoms with Crippen LogP contribution in [0.15, 0.2) is 42.5 Å². The fourth-order valence-corrected chi connectivity index (χ4v) is 3.66. The monoisotopic (exact) mass is 442 g/mol. The van der Waals surface area contributed by atoms with Crippen molar-refractivity contribution in [2.45, 2.75) is 45.6 Å². The van der Waals surface area contributed by atoms with Gasteiger partial charge in [-0.2, -0.15) is 0 Å². The average molecular weight is 443 g/mol. The molecule has 0 aromatic heterocycles. The Morgan fingerprint density at radius 2 is 1.68 bits per heavy atom. The van der Waals surface area contributed by atoms with Gasteiger partial charge in [0.05, 0.1) is 17.1 Å². The van der Waals surface area contributed by atoms with E-state index in [2.05, 4.69) is 20.9 Å². The van der Waals surface area contributed by atoms with Crippen molar-refractivity contribution in [3.05, 3.63) is 53.1 Å². The number of halogens is 1. The van der Waals surface area contributed by atoms with Gasteiger partial charge >= 0.3 is 0 Å². The highest BCUT2D eigenvalue weighted by atomic mass is 35.5. The minimum Gasteiger partial charge on any atom is -0.376 e. The standard InChI is InChI=1S/C24H31ClN4O2/c1-4-24(2,3)28-23(31)20-12-9-18(15-21(20)25)26-16-22(30)27-17-7-10-19(11-8-17)29-13-5-6-14-29/h7-12,15,26H,4-6,13-14,16H2,1-3H3,(H,27,30)(H,28,31). The van der Waals surface area contributed by atoms with Gasteiger partial charge in [-0.15, -0.1) is 0 Å². The third-order valence-corrected chi connectivity index (χ3v) is 5.94. The van der Waals surface area contributed by atoms with E-state index in [0.29, 0.717) is 16.3 Å². The van der Waals surface area contributed by atoms with Crippen LogP contribution in [0.2, 0.25) is 5.02 Å². The van der Waals surface area contributed by atoms with Crippen LogP contribution < -0.4 is 20.9 Å². The molecule has 1 saturated heterocycles. The Hall–Kier alpha value is -2.73. The summed E-state index contributed by atoms with van der Waals surface area (Å²) in [5, 5.41) is 9.25. The summed E-state index contributed by atoms with van der Waals surface area (Å²) < 4.78 is 0. The maximum Gasteiger partial charge on any atom is 0.253 e. The van der Waals surface area contributed by atoms with E-state index >= 15 is 0 Å². The van der Waals surface area contributed by atoms with Gasteiger partial charge in [0.15, 0.2) is 0 Å². The van der Waals surface area contributed by atoms with Gasteiger partial charge in [-0.3, -0.25) is 9.59 Å². The van der Waals surface area contributed by atoms with Gasteiger partial charge in [0.25, 0.3) is 5.91 Å². The SMILES string of the molecule is CCC(C)(C)NC(=O)c1ccc(NCC(=O)Nc2ccc(N3CCCC3)cc2)cc1Cl. The highest BCUT2D eigenvalue weighted by Gasteiger charge is 2.20. The van der Waals surface area contributed by atoms with Crippen molar-refractivity contribution < 1.29 is 9.59 Å². The van der Waals surface area contributed by atoms with Crippen LogP contribution in [-0.4, -0.2) is 37.0 Å². The smallest absolute Gasteiger partial charge is 0.253 e. The summed E-state index contributed by atoms with van der Waals surface area (Å²) in [6, 6.07) is 13.0. The van der Waals surface area contributed by atoms with E-state index in [1.54, 1.807) is 18.2 Å². The Kier molecular flexibility index (Phi) is 7.44. The summed E-state index contributed by atoms with van der Waals surface area (Å²) in [6.45, 7) is 8.23. The molecule has 6 nitrogen and oxygen atoms in total. The molecule has 3 rings (SSSR count). The number of hydrogen-bond donors (Lipinski definition) is 3. The van der Waals surface area contributed by atoms with Gasteiger partial charge in [-0.25, -0.2) is 0 Å². The normalized spacial score (nSPS) is 13.7. The summed E-state index contributed by atoms with van der Waals surface area (Å²) in [5.41, 5.74) is 2.74. The number of anilines is 3. The first-order valence-corrected chi connectivity index (χ1v) is 11.2. The number of carbonyl (C=O) groups is 2. The van der Waals surface area contributed by atoms with Crippen molar-refractivity contribution >= 4 is 40.5 Å².